The molecule has 2 aromatic carbocycles. The molecule has 180 valence electrons. The van der Waals surface area contributed by atoms with Crippen LogP contribution in [0.3, 0.4) is 0 Å². The number of hydrogen-bond donors (Lipinski definition) is 1. The lowest BCUT2D eigenvalue weighted by atomic mass is 10.0. The molecule has 0 unspecified atom stereocenters. The minimum Gasteiger partial charge on any atom is -0.483 e. The van der Waals surface area contributed by atoms with Crippen LogP contribution in [0.15, 0.2) is 59.5 Å². The number of ketones is 1. The van der Waals surface area contributed by atoms with Gasteiger partial charge in [0, 0.05) is 42.7 Å². The van der Waals surface area contributed by atoms with Crippen molar-refractivity contribution in [2.75, 3.05) is 25.6 Å². The van der Waals surface area contributed by atoms with Crippen molar-refractivity contribution in [1.82, 2.24) is 4.57 Å². The van der Waals surface area contributed by atoms with Crippen molar-refractivity contribution in [3.63, 3.8) is 0 Å². The number of nitriles is 1. The second-order valence-corrected chi connectivity index (χ2v) is 7.85. The van der Waals surface area contributed by atoms with Crippen LogP contribution in [-0.2, 0) is 16.1 Å². The molecular weight excluding hydrogens is 477 g/mol. The van der Waals surface area contributed by atoms with Crippen LogP contribution in [0.2, 0.25) is 5.02 Å². The summed E-state index contributed by atoms with van der Waals surface area (Å²) in [5.74, 6) is -1.92. The lowest BCUT2D eigenvalue weighted by Gasteiger charge is -2.13. The first-order chi connectivity index (χ1) is 16.8. The van der Waals surface area contributed by atoms with Gasteiger partial charge in [-0.3, -0.25) is 14.4 Å². The fourth-order valence-corrected chi connectivity index (χ4v) is 3.44. The monoisotopic (exact) mass is 497 g/mol. The van der Waals surface area contributed by atoms with Gasteiger partial charge in [-0.1, -0.05) is 17.7 Å². The summed E-state index contributed by atoms with van der Waals surface area (Å²) >= 11 is 5.90. The Balaban J connectivity index is 1.84. The SMILES string of the molecule is COCCCn1cc(C(=O)c2cc(F)ccc2OCC(=O)Nc2cccc(Cl)c2)cc(C#N)c1=O. The third kappa shape index (κ3) is 6.76. The van der Waals surface area contributed by atoms with Crippen LogP contribution < -0.4 is 15.6 Å². The standard InChI is InChI=1S/C25H21ClFN3O5/c1-34-9-3-8-30-14-17(10-16(13-28)25(30)33)24(32)21-12-19(27)6-7-22(21)35-15-23(31)29-20-5-2-4-18(26)11-20/h2,4-7,10-12,14H,3,8-9,15H2,1H3,(H,29,31). The number of pyridine rings is 1. The number of methoxy groups -OCH3 is 1. The van der Waals surface area contributed by atoms with Crippen molar-refractivity contribution >= 4 is 29.0 Å². The number of halogens is 2. The van der Waals surface area contributed by atoms with Gasteiger partial charge in [-0.05, 0) is 48.9 Å². The van der Waals surface area contributed by atoms with Crippen LogP contribution in [0.5, 0.6) is 5.75 Å². The largest absolute Gasteiger partial charge is 0.483 e. The first-order valence-electron chi connectivity index (χ1n) is 10.5. The average molecular weight is 498 g/mol. The molecule has 10 heteroatoms. The number of rotatable bonds is 10. The lowest BCUT2D eigenvalue weighted by Crippen LogP contribution is -2.25. The third-order valence-corrected chi connectivity index (χ3v) is 5.10. The molecule has 0 spiro atoms. The molecule has 0 saturated heterocycles. The topological polar surface area (TPSA) is 110 Å². The summed E-state index contributed by atoms with van der Waals surface area (Å²) in [5, 5.41) is 12.4. The lowest BCUT2D eigenvalue weighted by molar-refractivity contribution is -0.118. The quantitative estimate of drug-likeness (QED) is 0.337. The van der Waals surface area contributed by atoms with Gasteiger partial charge >= 0.3 is 0 Å². The van der Waals surface area contributed by atoms with E-state index in [0.29, 0.717) is 23.7 Å². The Morgan fingerprint density at radius 3 is 2.71 bits per heavy atom. The Morgan fingerprint density at radius 1 is 1.20 bits per heavy atom. The second-order valence-electron chi connectivity index (χ2n) is 7.42. The Morgan fingerprint density at radius 2 is 2.00 bits per heavy atom. The van der Waals surface area contributed by atoms with Crippen LogP contribution in [-0.4, -0.2) is 36.6 Å². The Labute approximate surface area is 205 Å². The van der Waals surface area contributed by atoms with Crippen molar-refractivity contribution in [2.45, 2.75) is 13.0 Å². The summed E-state index contributed by atoms with van der Waals surface area (Å²) < 4.78 is 25.7. The molecule has 0 aliphatic heterocycles. The Kier molecular flexibility index (Phi) is 8.73. The van der Waals surface area contributed by atoms with E-state index in [1.165, 1.54) is 23.9 Å². The van der Waals surface area contributed by atoms with Gasteiger partial charge in [0.1, 0.15) is 23.2 Å². The number of ether oxygens (including phenoxy) is 2. The normalized spacial score (nSPS) is 10.5. The molecule has 1 aromatic heterocycles. The summed E-state index contributed by atoms with van der Waals surface area (Å²) in [6.07, 6.45) is 1.79. The summed E-state index contributed by atoms with van der Waals surface area (Å²) in [6, 6.07) is 12.7. The highest BCUT2D eigenvalue weighted by Gasteiger charge is 2.20. The minimum absolute atomic E-state index is 0.00241. The van der Waals surface area contributed by atoms with Crippen LogP contribution >= 0.6 is 11.6 Å². The van der Waals surface area contributed by atoms with Gasteiger partial charge in [0.05, 0.1) is 5.56 Å². The molecule has 0 aliphatic carbocycles. The second kappa shape index (κ2) is 11.9. The van der Waals surface area contributed by atoms with Crippen LogP contribution in [0, 0.1) is 17.1 Å². The Hall–Kier alpha value is -4.00. The number of hydrogen-bond acceptors (Lipinski definition) is 6. The highest BCUT2D eigenvalue weighted by Crippen LogP contribution is 2.23. The molecule has 0 bridgehead atoms. The van der Waals surface area contributed by atoms with E-state index < -0.39 is 29.7 Å². The van der Waals surface area contributed by atoms with Gasteiger partial charge in [-0.2, -0.15) is 5.26 Å². The zero-order valence-electron chi connectivity index (χ0n) is 18.7. The van der Waals surface area contributed by atoms with E-state index in [0.717, 1.165) is 18.2 Å². The Bertz CT molecular complexity index is 1350. The van der Waals surface area contributed by atoms with Gasteiger partial charge in [0.2, 0.25) is 0 Å². The number of carbonyl (C=O) groups excluding carboxylic acids is 2. The van der Waals surface area contributed by atoms with E-state index in [1.54, 1.807) is 30.3 Å². The van der Waals surface area contributed by atoms with Crippen molar-refractivity contribution < 1.29 is 23.5 Å². The van der Waals surface area contributed by atoms with E-state index in [4.69, 9.17) is 21.1 Å². The summed E-state index contributed by atoms with van der Waals surface area (Å²) in [6.45, 7) is 0.142. The van der Waals surface area contributed by atoms with Crippen LogP contribution in [0.4, 0.5) is 10.1 Å². The summed E-state index contributed by atoms with van der Waals surface area (Å²) in [4.78, 5) is 38.0. The molecule has 3 aromatic rings. The number of carbonyl (C=O) groups is 2. The predicted octanol–water partition coefficient (Wildman–Crippen LogP) is 3.80. The van der Waals surface area contributed by atoms with Crippen LogP contribution in [0.1, 0.15) is 27.9 Å². The van der Waals surface area contributed by atoms with Gasteiger partial charge in [0.15, 0.2) is 12.4 Å². The third-order valence-electron chi connectivity index (χ3n) is 4.87. The van der Waals surface area contributed by atoms with Crippen molar-refractivity contribution in [1.29, 1.82) is 5.26 Å². The molecule has 3 rings (SSSR count). The molecule has 0 aliphatic rings. The molecular formula is C25H21ClFN3O5. The maximum Gasteiger partial charge on any atom is 0.268 e. The number of aryl methyl sites for hydroxylation is 1. The highest BCUT2D eigenvalue weighted by atomic mass is 35.5. The van der Waals surface area contributed by atoms with Crippen molar-refractivity contribution in [3.8, 4) is 11.8 Å². The smallest absolute Gasteiger partial charge is 0.268 e. The molecule has 0 saturated carbocycles. The number of anilines is 1. The zero-order valence-corrected chi connectivity index (χ0v) is 19.5. The summed E-state index contributed by atoms with van der Waals surface area (Å²) in [5.41, 5.74) is -0.480. The van der Waals surface area contributed by atoms with E-state index in [1.807, 2.05) is 0 Å². The number of aromatic nitrogens is 1. The highest BCUT2D eigenvalue weighted by molar-refractivity contribution is 6.30. The van der Waals surface area contributed by atoms with E-state index >= 15 is 0 Å². The maximum absolute atomic E-state index is 14.0. The van der Waals surface area contributed by atoms with E-state index in [2.05, 4.69) is 5.32 Å². The molecule has 1 N–H and O–H groups in total. The fourth-order valence-electron chi connectivity index (χ4n) is 3.25. The number of nitrogens with one attached hydrogen (secondary N) is 1. The molecule has 35 heavy (non-hydrogen) atoms. The van der Waals surface area contributed by atoms with Crippen molar-refractivity contribution in [2.24, 2.45) is 0 Å². The number of benzene rings is 2. The first-order valence-corrected chi connectivity index (χ1v) is 10.9. The number of nitrogens with zero attached hydrogens (tertiary/aromatic N) is 2. The van der Waals surface area contributed by atoms with Gasteiger partial charge in [-0.25, -0.2) is 4.39 Å². The first kappa shape index (κ1) is 25.6. The van der Waals surface area contributed by atoms with Crippen LogP contribution in [0.25, 0.3) is 0 Å². The van der Waals surface area contributed by atoms with E-state index in [9.17, 15) is 24.0 Å². The minimum atomic E-state index is -0.696. The molecule has 1 amide bonds. The maximum atomic E-state index is 14.0. The summed E-state index contributed by atoms with van der Waals surface area (Å²) in [7, 11) is 1.52. The van der Waals surface area contributed by atoms with Gasteiger partial charge in [-0.15, -0.1) is 0 Å². The fraction of sp³-hybridized carbons (Fsp3) is 0.200. The predicted molar refractivity (Wildman–Crippen MR) is 127 cm³/mol. The van der Waals surface area contributed by atoms with Crippen molar-refractivity contribution in [3.05, 3.63) is 92.6 Å². The molecule has 0 atom stereocenters. The van der Waals surface area contributed by atoms with E-state index in [-0.39, 0.29) is 29.0 Å². The molecule has 0 fully saturated rings. The molecule has 1 heterocycles. The molecule has 0 radical (unpaired) electrons. The molecule has 8 nitrogen and oxygen atoms in total. The average Bonchev–Trinajstić information content (AvgIpc) is 2.84. The van der Waals surface area contributed by atoms with Gasteiger partial charge in [0.25, 0.3) is 11.5 Å². The number of amides is 1. The zero-order chi connectivity index (χ0) is 25.4. The van der Waals surface area contributed by atoms with Gasteiger partial charge < -0.3 is 19.4 Å².